The van der Waals surface area contributed by atoms with E-state index in [1.165, 1.54) is 113 Å². The molecule has 158 valence electrons. The SMILES string of the molecule is CCCCCCCCCCCCCCCC[N+]1=C(C)C(C)(C)c2ccccc21. The molecule has 1 heteroatoms. The largest absolute Gasteiger partial charge is 0.209 e. The molecule has 0 atom stereocenters. The van der Waals surface area contributed by atoms with E-state index in [0.29, 0.717) is 0 Å². The van der Waals surface area contributed by atoms with Gasteiger partial charge in [0, 0.05) is 25.0 Å². The Hall–Kier alpha value is -1.11. The molecule has 0 amide bonds. The summed E-state index contributed by atoms with van der Waals surface area (Å²) in [6, 6.07) is 8.98. The van der Waals surface area contributed by atoms with Crippen molar-refractivity contribution in [1.82, 2.24) is 0 Å². The normalized spacial score (nSPS) is 15.3. The first-order valence-corrected chi connectivity index (χ1v) is 12.3. The second kappa shape index (κ2) is 12.5. The van der Waals surface area contributed by atoms with Crippen LogP contribution in [0.4, 0.5) is 5.69 Å². The summed E-state index contributed by atoms with van der Waals surface area (Å²) in [5.74, 6) is 0. The Bertz CT molecular complexity index is 596. The van der Waals surface area contributed by atoms with Crippen LogP contribution in [-0.2, 0) is 5.41 Å². The summed E-state index contributed by atoms with van der Waals surface area (Å²) >= 11 is 0. The van der Waals surface area contributed by atoms with Crippen LogP contribution >= 0.6 is 0 Å². The summed E-state index contributed by atoms with van der Waals surface area (Å²) in [5, 5.41) is 0. The lowest BCUT2D eigenvalue weighted by molar-refractivity contribution is -0.439. The van der Waals surface area contributed by atoms with E-state index in [-0.39, 0.29) is 5.41 Å². The second-order valence-electron chi connectivity index (χ2n) is 9.48. The quantitative estimate of drug-likeness (QED) is 0.210. The predicted molar refractivity (Wildman–Crippen MR) is 125 cm³/mol. The topological polar surface area (TPSA) is 3.01 Å². The average Bonchev–Trinajstić information content (AvgIpc) is 2.89. The van der Waals surface area contributed by atoms with Crippen LogP contribution in [0.25, 0.3) is 0 Å². The summed E-state index contributed by atoms with van der Waals surface area (Å²) in [4.78, 5) is 0. The van der Waals surface area contributed by atoms with Gasteiger partial charge in [0.2, 0.25) is 5.69 Å². The molecule has 0 saturated carbocycles. The smallest absolute Gasteiger partial charge is 0.199 e. The van der Waals surface area contributed by atoms with Crippen molar-refractivity contribution >= 4 is 11.4 Å². The van der Waals surface area contributed by atoms with E-state index in [4.69, 9.17) is 0 Å². The van der Waals surface area contributed by atoms with Gasteiger partial charge in [0.15, 0.2) is 5.71 Å². The van der Waals surface area contributed by atoms with Crippen LogP contribution in [0.15, 0.2) is 24.3 Å². The Morgan fingerprint density at radius 1 is 0.679 bits per heavy atom. The van der Waals surface area contributed by atoms with Gasteiger partial charge in [0.05, 0.1) is 5.41 Å². The monoisotopic (exact) mass is 384 g/mol. The van der Waals surface area contributed by atoms with Crippen molar-refractivity contribution in [3.63, 3.8) is 0 Å². The molecule has 0 unspecified atom stereocenters. The van der Waals surface area contributed by atoms with Crippen LogP contribution in [-0.4, -0.2) is 16.8 Å². The van der Waals surface area contributed by atoms with Gasteiger partial charge >= 0.3 is 0 Å². The van der Waals surface area contributed by atoms with E-state index in [0.717, 1.165) is 0 Å². The zero-order valence-corrected chi connectivity index (χ0v) is 19.4. The Balaban J connectivity index is 1.51. The van der Waals surface area contributed by atoms with Crippen LogP contribution in [0.3, 0.4) is 0 Å². The van der Waals surface area contributed by atoms with Gasteiger partial charge in [0.25, 0.3) is 0 Å². The maximum atomic E-state index is 2.58. The van der Waals surface area contributed by atoms with E-state index in [1.807, 2.05) is 0 Å². The number of rotatable bonds is 15. The Kier molecular flexibility index (Phi) is 10.3. The molecule has 1 aromatic carbocycles. The lowest BCUT2D eigenvalue weighted by Crippen LogP contribution is -2.26. The molecule has 0 radical (unpaired) electrons. The van der Waals surface area contributed by atoms with Gasteiger partial charge in [-0.15, -0.1) is 0 Å². The molecule has 28 heavy (non-hydrogen) atoms. The molecule has 1 aliphatic rings. The Morgan fingerprint density at radius 2 is 1.14 bits per heavy atom. The van der Waals surface area contributed by atoms with E-state index in [2.05, 4.69) is 56.5 Å². The van der Waals surface area contributed by atoms with Crippen LogP contribution in [0.2, 0.25) is 0 Å². The molecule has 0 fully saturated rings. The summed E-state index contributed by atoms with van der Waals surface area (Å²) in [6.07, 6.45) is 20.0. The third-order valence-corrected chi connectivity index (χ3v) is 6.91. The summed E-state index contributed by atoms with van der Waals surface area (Å²) in [7, 11) is 0. The second-order valence-corrected chi connectivity index (χ2v) is 9.48. The summed E-state index contributed by atoms with van der Waals surface area (Å²) in [6.45, 7) is 10.5. The number of unbranched alkanes of at least 4 members (excludes halogenated alkanes) is 13. The maximum Gasteiger partial charge on any atom is 0.209 e. The molecular formula is C27H46N+. The van der Waals surface area contributed by atoms with Crippen molar-refractivity contribution in [2.75, 3.05) is 6.54 Å². The van der Waals surface area contributed by atoms with Crippen LogP contribution in [0.1, 0.15) is 123 Å². The molecule has 0 bridgehead atoms. The number of para-hydroxylation sites is 1. The van der Waals surface area contributed by atoms with Crippen molar-refractivity contribution in [3.8, 4) is 0 Å². The highest BCUT2D eigenvalue weighted by molar-refractivity contribution is 5.93. The number of nitrogens with zero attached hydrogens (tertiary/aromatic N) is 1. The molecule has 1 heterocycles. The fraction of sp³-hybridized carbons (Fsp3) is 0.741. The average molecular weight is 385 g/mol. The molecule has 0 spiro atoms. The first kappa shape index (κ1) is 23.2. The van der Waals surface area contributed by atoms with Gasteiger partial charge in [-0.1, -0.05) is 102 Å². The first-order valence-electron chi connectivity index (χ1n) is 12.3. The third kappa shape index (κ3) is 6.75. The molecular weight excluding hydrogens is 338 g/mol. The Morgan fingerprint density at radius 3 is 1.68 bits per heavy atom. The van der Waals surface area contributed by atoms with Gasteiger partial charge in [-0.25, -0.2) is 0 Å². The highest BCUT2D eigenvalue weighted by Crippen LogP contribution is 2.39. The fourth-order valence-corrected chi connectivity index (χ4v) is 4.70. The van der Waals surface area contributed by atoms with Crippen LogP contribution in [0, 0.1) is 0 Å². The molecule has 2 rings (SSSR count). The molecule has 0 saturated heterocycles. The lowest BCUT2D eigenvalue weighted by Gasteiger charge is -2.14. The van der Waals surface area contributed by atoms with Crippen LogP contribution < -0.4 is 0 Å². The third-order valence-electron chi connectivity index (χ3n) is 6.91. The van der Waals surface area contributed by atoms with Gasteiger partial charge in [-0.3, -0.25) is 0 Å². The van der Waals surface area contributed by atoms with Gasteiger partial charge < -0.3 is 0 Å². The van der Waals surface area contributed by atoms with E-state index in [9.17, 15) is 0 Å². The maximum absolute atomic E-state index is 2.58. The zero-order chi connectivity index (χ0) is 20.2. The van der Waals surface area contributed by atoms with Crippen LogP contribution in [0.5, 0.6) is 0 Å². The van der Waals surface area contributed by atoms with Crippen molar-refractivity contribution < 1.29 is 4.58 Å². The van der Waals surface area contributed by atoms with Crippen molar-refractivity contribution in [2.45, 2.75) is 123 Å². The minimum atomic E-state index is 0.187. The van der Waals surface area contributed by atoms with E-state index < -0.39 is 0 Å². The van der Waals surface area contributed by atoms with Gasteiger partial charge in [-0.05, 0) is 20.3 Å². The number of hydrogen-bond acceptors (Lipinski definition) is 0. The first-order chi connectivity index (χ1) is 13.6. The highest BCUT2D eigenvalue weighted by atomic mass is 15.1. The molecule has 1 aliphatic heterocycles. The van der Waals surface area contributed by atoms with Crippen molar-refractivity contribution in [3.05, 3.63) is 29.8 Å². The van der Waals surface area contributed by atoms with E-state index >= 15 is 0 Å². The molecule has 0 aromatic heterocycles. The van der Waals surface area contributed by atoms with Gasteiger partial charge in [0.1, 0.15) is 6.54 Å². The molecule has 0 aliphatic carbocycles. The number of fused-ring (bicyclic) bond motifs is 1. The minimum absolute atomic E-state index is 0.187. The number of benzene rings is 1. The van der Waals surface area contributed by atoms with Gasteiger partial charge in [-0.2, -0.15) is 4.58 Å². The fourth-order valence-electron chi connectivity index (χ4n) is 4.70. The van der Waals surface area contributed by atoms with Crippen molar-refractivity contribution in [1.29, 1.82) is 0 Å². The molecule has 1 aromatic rings. The standard InChI is InChI=1S/C27H46N/c1-5-6-7-8-9-10-11-12-13-14-15-16-17-20-23-28-24(2)27(3,4)25-21-18-19-22-26(25)28/h18-19,21-22H,5-17,20,23H2,1-4H3/q+1. The molecule has 0 N–H and O–H groups in total. The Labute approximate surface area is 175 Å². The lowest BCUT2D eigenvalue weighted by atomic mass is 9.82. The summed E-state index contributed by atoms with van der Waals surface area (Å²) in [5.41, 5.74) is 4.65. The highest BCUT2D eigenvalue weighted by Gasteiger charge is 2.42. The molecule has 1 nitrogen and oxygen atoms in total. The van der Waals surface area contributed by atoms with Crippen molar-refractivity contribution in [2.24, 2.45) is 0 Å². The predicted octanol–water partition coefficient (Wildman–Crippen LogP) is 8.56. The summed E-state index contributed by atoms with van der Waals surface area (Å²) < 4.78 is 2.58. The minimum Gasteiger partial charge on any atom is -0.199 e. The van der Waals surface area contributed by atoms with E-state index in [1.54, 1.807) is 0 Å². The number of hydrogen-bond donors (Lipinski definition) is 0. The zero-order valence-electron chi connectivity index (χ0n) is 19.4.